The molecule has 2 heterocycles. The van der Waals surface area contributed by atoms with Gasteiger partial charge < -0.3 is 16.0 Å². The molecular formula is C16H22N4O3S. The lowest BCUT2D eigenvalue weighted by atomic mass is 10.1. The van der Waals surface area contributed by atoms with Gasteiger partial charge in [0.05, 0.1) is 0 Å². The van der Waals surface area contributed by atoms with E-state index in [1.54, 1.807) is 29.2 Å². The lowest BCUT2D eigenvalue weighted by Gasteiger charge is -2.27. The first-order valence-electron chi connectivity index (χ1n) is 7.97. The molecule has 3 N–H and O–H groups in total. The minimum Gasteiger partial charge on any atom is -0.352 e. The number of fused-ring (bicyclic) bond motifs is 1. The predicted molar refractivity (Wildman–Crippen MR) is 91.2 cm³/mol. The number of rotatable bonds is 3. The summed E-state index contributed by atoms with van der Waals surface area (Å²) in [4.78, 5) is 14.5. The van der Waals surface area contributed by atoms with Crippen LogP contribution in [0.2, 0.25) is 0 Å². The third-order valence-corrected chi connectivity index (χ3v) is 5.48. The number of nitrogens with zero attached hydrogens (tertiary/aromatic N) is 2. The fourth-order valence-electron chi connectivity index (χ4n) is 3.02. The fraction of sp³-hybridized carbons (Fsp3) is 0.500. The van der Waals surface area contributed by atoms with Crippen molar-refractivity contribution in [2.75, 3.05) is 13.1 Å². The Labute approximate surface area is 142 Å². The van der Waals surface area contributed by atoms with Crippen molar-refractivity contribution in [2.24, 2.45) is 10.1 Å². The van der Waals surface area contributed by atoms with E-state index in [1.807, 2.05) is 13.8 Å². The number of nitrogens with one attached hydrogen (secondary N) is 1. The molecule has 1 unspecified atom stereocenters. The average Bonchev–Trinajstić information content (AvgIpc) is 3.08. The molecule has 1 amide bonds. The molecule has 1 aromatic rings. The second-order valence-corrected chi connectivity index (χ2v) is 8.52. The van der Waals surface area contributed by atoms with Crippen LogP contribution in [0.4, 0.5) is 0 Å². The van der Waals surface area contributed by atoms with Gasteiger partial charge in [-0.3, -0.25) is 4.79 Å². The van der Waals surface area contributed by atoms with Crippen LogP contribution in [-0.2, 0) is 14.8 Å². The summed E-state index contributed by atoms with van der Waals surface area (Å²) in [6, 6.07) is 6.30. The molecule has 0 aliphatic carbocycles. The second-order valence-electron chi connectivity index (χ2n) is 6.94. The number of hydrogen-bond donors (Lipinski definition) is 2. The highest BCUT2D eigenvalue weighted by Gasteiger charge is 2.39. The first-order chi connectivity index (χ1) is 11.2. The number of nitrogens with two attached hydrogens (primary N) is 1. The van der Waals surface area contributed by atoms with Crippen LogP contribution in [0.15, 0.2) is 33.6 Å². The maximum Gasteiger partial charge on any atom is 0.285 e. The SMILES string of the molecule is CC(C)(N)CNC(=O)C1CCCN1C1=NS(=O)(=O)c2ccccc21. The van der Waals surface area contributed by atoms with E-state index in [0.29, 0.717) is 30.9 Å². The molecule has 2 aliphatic heterocycles. The average molecular weight is 350 g/mol. The van der Waals surface area contributed by atoms with Gasteiger partial charge in [0.1, 0.15) is 10.9 Å². The molecule has 3 rings (SSSR count). The first-order valence-corrected chi connectivity index (χ1v) is 9.41. The van der Waals surface area contributed by atoms with Gasteiger partial charge in [0, 0.05) is 24.2 Å². The van der Waals surface area contributed by atoms with Gasteiger partial charge in [0.15, 0.2) is 5.84 Å². The number of amidine groups is 1. The van der Waals surface area contributed by atoms with Gasteiger partial charge in [-0.05, 0) is 38.8 Å². The monoisotopic (exact) mass is 350 g/mol. The highest BCUT2D eigenvalue weighted by molar-refractivity contribution is 7.90. The van der Waals surface area contributed by atoms with E-state index in [9.17, 15) is 13.2 Å². The summed E-state index contributed by atoms with van der Waals surface area (Å²) in [5.41, 5.74) is 5.97. The maximum atomic E-state index is 12.5. The zero-order chi connectivity index (χ0) is 17.5. The molecule has 0 bridgehead atoms. The van der Waals surface area contributed by atoms with Crippen LogP contribution >= 0.6 is 0 Å². The molecule has 1 saturated heterocycles. The summed E-state index contributed by atoms with van der Waals surface area (Å²) in [5, 5.41) is 2.85. The van der Waals surface area contributed by atoms with Crippen LogP contribution < -0.4 is 11.1 Å². The number of benzene rings is 1. The normalized spacial score (nSPS) is 22.2. The van der Waals surface area contributed by atoms with E-state index in [1.165, 1.54) is 0 Å². The fourth-order valence-corrected chi connectivity index (χ4v) is 4.24. The van der Waals surface area contributed by atoms with E-state index in [0.717, 1.165) is 6.42 Å². The van der Waals surface area contributed by atoms with Crippen molar-refractivity contribution in [1.29, 1.82) is 0 Å². The Morgan fingerprint density at radius 3 is 2.83 bits per heavy atom. The van der Waals surface area contributed by atoms with Crippen molar-refractivity contribution in [3.63, 3.8) is 0 Å². The van der Waals surface area contributed by atoms with Crippen molar-refractivity contribution in [3.8, 4) is 0 Å². The van der Waals surface area contributed by atoms with Crippen LogP contribution in [0.1, 0.15) is 32.3 Å². The van der Waals surface area contributed by atoms with Crippen molar-refractivity contribution in [1.82, 2.24) is 10.2 Å². The van der Waals surface area contributed by atoms with Gasteiger partial charge in [-0.2, -0.15) is 8.42 Å². The van der Waals surface area contributed by atoms with E-state index < -0.39 is 21.6 Å². The quantitative estimate of drug-likeness (QED) is 0.824. The Balaban J connectivity index is 1.86. The third kappa shape index (κ3) is 3.16. The van der Waals surface area contributed by atoms with Crippen molar-refractivity contribution in [2.45, 2.75) is 43.2 Å². The van der Waals surface area contributed by atoms with Gasteiger partial charge in [-0.15, -0.1) is 4.40 Å². The van der Waals surface area contributed by atoms with Gasteiger partial charge in [-0.1, -0.05) is 12.1 Å². The zero-order valence-corrected chi connectivity index (χ0v) is 14.6. The molecule has 0 spiro atoms. The lowest BCUT2D eigenvalue weighted by molar-refractivity contribution is -0.124. The maximum absolute atomic E-state index is 12.5. The number of carbonyl (C=O) groups excluding carboxylic acids is 1. The molecule has 0 radical (unpaired) electrons. The third-order valence-electron chi connectivity index (χ3n) is 4.16. The Hall–Kier alpha value is -1.93. The van der Waals surface area contributed by atoms with Crippen LogP contribution in [0, 0.1) is 0 Å². The highest BCUT2D eigenvalue weighted by atomic mass is 32.2. The van der Waals surface area contributed by atoms with Crippen LogP contribution in [0.5, 0.6) is 0 Å². The Morgan fingerprint density at radius 1 is 1.42 bits per heavy atom. The summed E-state index contributed by atoms with van der Waals surface area (Å²) < 4.78 is 28.4. The molecule has 1 atom stereocenters. The summed E-state index contributed by atoms with van der Waals surface area (Å²) >= 11 is 0. The Kier molecular flexibility index (Phi) is 4.13. The van der Waals surface area contributed by atoms with Gasteiger partial charge >= 0.3 is 0 Å². The van der Waals surface area contributed by atoms with E-state index in [4.69, 9.17) is 5.73 Å². The van der Waals surface area contributed by atoms with Gasteiger partial charge in [0.2, 0.25) is 5.91 Å². The minimum atomic E-state index is -3.68. The smallest absolute Gasteiger partial charge is 0.285 e. The number of amides is 1. The standard InChI is InChI=1S/C16H22N4O3S/c1-16(2,17)10-18-15(21)12-7-5-9-20(12)14-11-6-3-4-8-13(11)24(22,23)19-14/h3-4,6,8,12H,5,7,9-10,17H2,1-2H3,(H,18,21). The van der Waals surface area contributed by atoms with Crippen molar-refractivity contribution >= 4 is 21.8 Å². The Morgan fingerprint density at radius 2 is 2.12 bits per heavy atom. The van der Waals surface area contributed by atoms with Crippen LogP contribution in [-0.4, -0.2) is 49.7 Å². The van der Waals surface area contributed by atoms with Gasteiger partial charge in [0.25, 0.3) is 10.0 Å². The molecular weight excluding hydrogens is 328 g/mol. The molecule has 0 aromatic heterocycles. The molecule has 1 fully saturated rings. The minimum absolute atomic E-state index is 0.143. The van der Waals surface area contributed by atoms with Crippen molar-refractivity contribution < 1.29 is 13.2 Å². The van der Waals surface area contributed by atoms with E-state index >= 15 is 0 Å². The first kappa shape index (κ1) is 16.9. The number of carbonyl (C=O) groups is 1. The predicted octanol–water partition coefficient (Wildman–Crippen LogP) is 0.453. The van der Waals surface area contributed by atoms with Crippen LogP contribution in [0.25, 0.3) is 0 Å². The second kappa shape index (κ2) is 5.86. The van der Waals surface area contributed by atoms with E-state index in [2.05, 4.69) is 9.71 Å². The largest absolute Gasteiger partial charge is 0.352 e. The molecule has 24 heavy (non-hydrogen) atoms. The summed E-state index contributed by atoms with van der Waals surface area (Å²) in [6.07, 6.45) is 1.48. The molecule has 130 valence electrons. The number of likely N-dealkylation sites (tertiary alicyclic amines) is 1. The molecule has 0 saturated carbocycles. The summed E-state index contributed by atoms with van der Waals surface area (Å²) in [5.74, 6) is 0.228. The molecule has 1 aromatic carbocycles. The summed E-state index contributed by atoms with van der Waals surface area (Å²) in [6.45, 7) is 4.64. The Bertz CT molecular complexity index is 796. The molecule has 8 heteroatoms. The number of hydrogen-bond acceptors (Lipinski definition) is 5. The van der Waals surface area contributed by atoms with Gasteiger partial charge in [-0.25, -0.2) is 0 Å². The molecule has 2 aliphatic rings. The van der Waals surface area contributed by atoms with Crippen LogP contribution in [0.3, 0.4) is 0 Å². The summed E-state index contributed by atoms with van der Waals surface area (Å²) in [7, 11) is -3.68. The lowest BCUT2D eigenvalue weighted by Crippen LogP contribution is -2.51. The number of sulfonamides is 1. The molecule has 7 nitrogen and oxygen atoms in total. The van der Waals surface area contributed by atoms with E-state index in [-0.39, 0.29) is 10.8 Å². The highest BCUT2D eigenvalue weighted by Crippen LogP contribution is 2.31. The van der Waals surface area contributed by atoms with Crippen molar-refractivity contribution in [3.05, 3.63) is 29.8 Å². The topological polar surface area (TPSA) is 105 Å². The zero-order valence-electron chi connectivity index (χ0n) is 13.8.